The van der Waals surface area contributed by atoms with Gasteiger partial charge in [-0.25, -0.2) is 4.98 Å². The number of H-pyrrole nitrogens is 1. The zero-order chi connectivity index (χ0) is 19.7. The number of thiophene rings is 1. The molecule has 0 aliphatic heterocycles. The summed E-state index contributed by atoms with van der Waals surface area (Å²) in [6.45, 7) is -2.92. The Morgan fingerprint density at radius 2 is 2.04 bits per heavy atom. The molecule has 0 atom stereocenters. The minimum absolute atomic E-state index is 0.0354. The Hall–Kier alpha value is -2.74. The Morgan fingerprint density at radius 1 is 1.21 bits per heavy atom. The molecule has 2 aromatic heterocycles. The number of nitrogens with zero attached hydrogens (tertiary/aromatic N) is 1. The van der Waals surface area contributed by atoms with Gasteiger partial charge in [0.15, 0.2) is 11.5 Å². The van der Waals surface area contributed by atoms with Crippen molar-refractivity contribution >= 4 is 33.7 Å². The second-order valence-electron chi connectivity index (χ2n) is 6.46. The molecule has 0 spiro atoms. The van der Waals surface area contributed by atoms with E-state index in [1.165, 1.54) is 18.1 Å². The lowest BCUT2D eigenvalue weighted by Crippen LogP contribution is -2.11. The van der Waals surface area contributed by atoms with Crippen LogP contribution in [0, 0.1) is 0 Å². The predicted molar refractivity (Wildman–Crippen MR) is 105 cm³/mol. The first-order chi connectivity index (χ1) is 13.5. The highest BCUT2D eigenvalue weighted by Crippen LogP contribution is 2.34. The van der Waals surface area contributed by atoms with Gasteiger partial charge in [-0.15, -0.1) is 11.3 Å². The van der Waals surface area contributed by atoms with Crippen LogP contribution in [0.15, 0.2) is 23.0 Å². The predicted octanol–water partition coefficient (Wildman–Crippen LogP) is 4.64. The average molecular weight is 404 g/mol. The lowest BCUT2D eigenvalue weighted by molar-refractivity contribution is -0.0512. The number of fused-ring (bicyclic) bond motifs is 3. The molecule has 3 aromatic rings. The van der Waals surface area contributed by atoms with Crippen molar-refractivity contribution in [2.45, 2.75) is 32.3 Å². The highest BCUT2D eigenvalue weighted by atomic mass is 32.1. The molecule has 0 saturated carbocycles. The van der Waals surface area contributed by atoms with Crippen molar-refractivity contribution in [3.05, 3.63) is 50.4 Å². The number of hydrogen-bond acceptors (Lipinski definition) is 5. The molecule has 0 unspecified atom stereocenters. The van der Waals surface area contributed by atoms with Crippen molar-refractivity contribution in [2.24, 2.45) is 0 Å². The number of benzene rings is 1. The summed E-state index contributed by atoms with van der Waals surface area (Å²) in [6, 6.07) is 4.61. The van der Waals surface area contributed by atoms with E-state index in [-0.39, 0.29) is 17.1 Å². The van der Waals surface area contributed by atoms with Gasteiger partial charge in [0.25, 0.3) is 5.56 Å². The van der Waals surface area contributed by atoms with Crippen LogP contribution in [0.3, 0.4) is 0 Å². The second kappa shape index (κ2) is 7.71. The van der Waals surface area contributed by atoms with Crippen LogP contribution in [-0.2, 0) is 12.8 Å². The van der Waals surface area contributed by atoms with E-state index < -0.39 is 6.61 Å². The number of nitrogens with one attached hydrogen (secondary N) is 1. The summed E-state index contributed by atoms with van der Waals surface area (Å²) >= 11 is 1.59. The van der Waals surface area contributed by atoms with Crippen LogP contribution >= 0.6 is 11.3 Å². The van der Waals surface area contributed by atoms with E-state index >= 15 is 0 Å². The maximum absolute atomic E-state index is 12.6. The largest absolute Gasteiger partial charge is 0.493 e. The quantitative estimate of drug-likeness (QED) is 0.673. The van der Waals surface area contributed by atoms with Crippen molar-refractivity contribution in [1.82, 2.24) is 9.97 Å². The zero-order valence-electron chi connectivity index (χ0n) is 15.1. The van der Waals surface area contributed by atoms with E-state index in [1.54, 1.807) is 35.6 Å². The third kappa shape index (κ3) is 3.64. The Labute approximate surface area is 163 Å². The molecule has 1 aromatic carbocycles. The molecular formula is C20H18F2N2O3S. The van der Waals surface area contributed by atoms with Gasteiger partial charge in [0, 0.05) is 4.88 Å². The number of aromatic nitrogens is 2. The van der Waals surface area contributed by atoms with Crippen molar-refractivity contribution in [2.75, 3.05) is 7.11 Å². The van der Waals surface area contributed by atoms with Crippen LogP contribution in [0.1, 0.15) is 34.7 Å². The first-order valence-electron chi connectivity index (χ1n) is 8.90. The van der Waals surface area contributed by atoms with Gasteiger partial charge in [-0.2, -0.15) is 8.78 Å². The number of aromatic amines is 1. The molecule has 2 heterocycles. The first kappa shape index (κ1) is 18.6. The van der Waals surface area contributed by atoms with Gasteiger partial charge in [-0.1, -0.05) is 12.1 Å². The number of halogens is 2. The number of methoxy groups -OCH3 is 1. The SMILES string of the molecule is COc1cc(C=Cc2nc3sc4c(c3c(=O)[nH]2)CCCC4)ccc1OC(F)F. The summed E-state index contributed by atoms with van der Waals surface area (Å²) in [5.41, 5.74) is 1.73. The van der Waals surface area contributed by atoms with Crippen LogP contribution in [0.25, 0.3) is 22.4 Å². The molecule has 1 N–H and O–H groups in total. The molecule has 5 nitrogen and oxygen atoms in total. The van der Waals surface area contributed by atoms with Crippen LogP contribution in [0.4, 0.5) is 8.78 Å². The van der Waals surface area contributed by atoms with Crippen LogP contribution in [-0.4, -0.2) is 23.7 Å². The molecule has 146 valence electrons. The van der Waals surface area contributed by atoms with Gasteiger partial charge in [0.1, 0.15) is 10.7 Å². The molecule has 0 radical (unpaired) electrons. The summed E-state index contributed by atoms with van der Waals surface area (Å²) in [5.74, 6) is 0.611. The maximum atomic E-state index is 12.6. The van der Waals surface area contributed by atoms with E-state index in [1.807, 2.05) is 0 Å². The number of rotatable bonds is 5. The van der Waals surface area contributed by atoms with E-state index in [0.717, 1.165) is 36.1 Å². The molecule has 1 aliphatic rings. The summed E-state index contributed by atoms with van der Waals surface area (Å²) in [7, 11) is 1.38. The van der Waals surface area contributed by atoms with Gasteiger partial charge < -0.3 is 14.5 Å². The lowest BCUT2D eigenvalue weighted by atomic mass is 9.97. The van der Waals surface area contributed by atoms with Gasteiger partial charge in [0.05, 0.1) is 12.5 Å². The molecular weight excluding hydrogens is 386 g/mol. The Morgan fingerprint density at radius 3 is 2.82 bits per heavy atom. The Balaban J connectivity index is 1.64. The lowest BCUT2D eigenvalue weighted by Gasteiger charge is -2.10. The minimum atomic E-state index is -2.92. The van der Waals surface area contributed by atoms with Crippen molar-refractivity contribution in [1.29, 1.82) is 0 Å². The fourth-order valence-electron chi connectivity index (χ4n) is 3.42. The van der Waals surface area contributed by atoms with Gasteiger partial charge in [-0.05, 0) is 55.0 Å². The number of hydrogen-bond donors (Lipinski definition) is 1. The van der Waals surface area contributed by atoms with E-state index in [9.17, 15) is 13.6 Å². The normalized spacial score (nSPS) is 14.0. The van der Waals surface area contributed by atoms with Crippen LogP contribution in [0.2, 0.25) is 0 Å². The molecule has 0 saturated heterocycles. The average Bonchev–Trinajstić information content (AvgIpc) is 3.05. The van der Waals surface area contributed by atoms with Crippen molar-refractivity contribution in [3.8, 4) is 11.5 Å². The molecule has 4 rings (SSSR count). The van der Waals surface area contributed by atoms with Gasteiger partial charge in [-0.3, -0.25) is 4.79 Å². The third-order valence-electron chi connectivity index (χ3n) is 4.68. The Bertz CT molecular complexity index is 1100. The maximum Gasteiger partial charge on any atom is 0.387 e. The fraction of sp³-hybridized carbons (Fsp3) is 0.300. The molecule has 0 fully saturated rings. The summed E-state index contributed by atoms with van der Waals surface area (Å²) in [4.78, 5) is 22.0. The molecule has 8 heteroatoms. The topological polar surface area (TPSA) is 64.2 Å². The number of aryl methyl sites for hydroxylation is 2. The summed E-state index contributed by atoms with van der Waals surface area (Å²) < 4.78 is 34.4. The second-order valence-corrected chi connectivity index (χ2v) is 7.55. The van der Waals surface area contributed by atoms with Gasteiger partial charge >= 0.3 is 6.61 Å². The molecule has 1 aliphatic carbocycles. The highest BCUT2D eigenvalue weighted by Gasteiger charge is 2.19. The standard InChI is InChI=1S/C20H18F2N2O3S/c1-26-14-10-11(6-8-13(14)27-20(21)22)7-9-16-23-18(25)17-12-4-2-3-5-15(12)28-19(17)24-16/h6-10,20H,2-5H2,1H3,(H,23,24,25). The fourth-order valence-corrected chi connectivity index (χ4v) is 4.68. The monoisotopic (exact) mass is 404 g/mol. The minimum Gasteiger partial charge on any atom is -0.493 e. The van der Waals surface area contributed by atoms with Crippen molar-refractivity contribution < 1.29 is 18.3 Å². The summed E-state index contributed by atoms with van der Waals surface area (Å²) in [6.07, 6.45) is 7.61. The first-order valence-corrected chi connectivity index (χ1v) is 9.72. The summed E-state index contributed by atoms with van der Waals surface area (Å²) in [5, 5.41) is 0.715. The van der Waals surface area contributed by atoms with E-state index in [2.05, 4.69) is 14.7 Å². The highest BCUT2D eigenvalue weighted by molar-refractivity contribution is 7.18. The Kier molecular flexibility index (Phi) is 5.13. The van der Waals surface area contributed by atoms with E-state index in [4.69, 9.17) is 4.74 Å². The molecule has 28 heavy (non-hydrogen) atoms. The smallest absolute Gasteiger partial charge is 0.387 e. The van der Waals surface area contributed by atoms with Crippen LogP contribution < -0.4 is 15.0 Å². The third-order valence-corrected chi connectivity index (χ3v) is 5.87. The van der Waals surface area contributed by atoms with Crippen molar-refractivity contribution in [3.63, 3.8) is 0 Å². The molecule has 0 amide bonds. The van der Waals surface area contributed by atoms with E-state index in [0.29, 0.717) is 16.8 Å². The molecule has 0 bridgehead atoms. The van der Waals surface area contributed by atoms with Gasteiger partial charge in [0.2, 0.25) is 0 Å². The van der Waals surface area contributed by atoms with Crippen LogP contribution in [0.5, 0.6) is 11.5 Å². The zero-order valence-corrected chi connectivity index (χ0v) is 15.9. The number of alkyl halides is 2. The number of ether oxygens (including phenoxy) is 2.